The Morgan fingerprint density at radius 1 is 0.593 bits per heavy atom. The smallest absolute Gasteiger partial charge is 0.407 e. The molecule has 0 saturated heterocycles. The highest BCUT2D eigenvalue weighted by Crippen LogP contribution is 2.49. The molecular formula is C46H40N2O5S. The molecule has 0 aliphatic heterocycles. The van der Waals surface area contributed by atoms with Crippen LogP contribution in [-0.2, 0) is 25.5 Å². The first kappa shape index (κ1) is 36.2. The van der Waals surface area contributed by atoms with Gasteiger partial charge in [-0.25, -0.2) is 9.59 Å². The zero-order chi connectivity index (χ0) is 37.3. The van der Waals surface area contributed by atoms with E-state index in [0.29, 0.717) is 0 Å². The van der Waals surface area contributed by atoms with E-state index in [4.69, 9.17) is 4.74 Å². The molecule has 3 N–H and O–H groups in total. The van der Waals surface area contributed by atoms with Gasteiger partial charge in [-0.2, -0.15) is 0 Å². The van der Waals surface area contributed by atoms with Crippen molar-refractivity contribution in [2.75, 3.05) is 12.4 Å². The second-order valence-electron chi connectivity index (χ2n) is 13.2. The minimum absolute atomic E-state index is 0.0305. The number of thioether (sulfide) groups is 1. The van der Waals surface area contributed by atoms with Crippen LogP contribution in [0.2, 0.25) is 0 Å². The number of nitrogens with one attached hydrogen (secondary N) is 2. The van der Waals surface area contributed by atoms with Gasteiger partial charge in [-0.05, 0) is 44.5 Å². The number of hydrogen-bond donors (Lipinski definition) is 3. The Morgan fingerprint density at radius 3 is 1.52 bits per heavy atom. The maximum atomic E-state index is 14.1. The van der Waals surface area contributed by atoms with Crippen LogP contribution in [0.3, 0.4) is 0 Å². The fourth-order valence-electron chi connectivity index (χ4n) is 7.27. The number of alkyl carbamates (subject to hydrolysis) is 1. The van der Waals surface area contributed by atoms with Crippen molar-refractivity contribution < 1.29 is 24.2 Å². The van der Waals surface area contributed by atoms with Gasteiger partial charge in [0.2, 0.25) is 5.91 Å². The summed E-state index contributed by atoms with van der Waals surface area (Å²) in [7, 11) is 0. The summed E-state index contributed by atoms with van der Waals surface area (Å²) >= 11 is 1.44. The summed E-state index contributed by atoms with van der Waals surface area (Å²) < 4.78 is 5.01. The molecule has 7 nitrogen and oxygen atoms in total. The number of hydrogen-bond acceptors (Lipinski definition) is 5. The van der Waals surface area contributed by atoms with Gasteiger partial charge < -0.3 is 20.5 Å². The first-order valence-corrected chi connectivity index (χ1v) is 18.9. The van der Waals surface area contributed by atoms with Crippen LogP contribution in [0.5, 0.6) is 0 Å². The number of ether oxygens (including phenoxy) is 1. The van der Waals surface area contributed by atoms with E-state index < -0.39 is 34.8 Å². The molecule has 0 bridgehead atoms. The van der Waals surface area contributed by atoms with Crippen molar-refractivity contribution in [2.24, 2.45) is 0 Å². The third kappa shape index (κ3) is 7.80. The molecular weight excluding hydrogens is 693 g/mol. The molecule has 0 radical (unpaired) electrons. The standard InChI is InChI=1S/C46H40N2O5S/c49-43(47-42(44(50)51)31-54-46(33-19-7-2-8-20-33,34-21-9-3-10-22-34)35-23-11-4-12-24-35)41(29-32-17-5-1-6-18-32)48-45(52)53-30-40-38-27-15-13-25-36(38)37-26-14-16-28-39(37)40/h1-28,40-42H,29-31H2,(H,47,49)(H,48,52)(H,50,51)/t41-,42-/m0/s1. The minimum Gasteiger partial charge on any atom is -0.480 e. The molecule has 2 amide bonds. The van der Waals surface area contributed by atoms with Gasteiger partial charge in [0.25, 0.3) is 0 Å². The Morgan fingerprint density at radius 2 is 1.04 bits per heavy atom. The van der Waals surface area contributed by atoms with Crippen LogP contribution in [0.25, 0.3) is 11.1 Å². The highest BCUT2D eigenvalue weighted by molar-refractivity contribution is 8.00. The quantitative estimate of drug-likeness (QED) is 0.0972. The zero-order valence-corrected chi connectivity index (χ0v) is 30.3. The van der Waals surface area contributed by atoms with Crippen molar-refractivity contribution in [3.8, 4) is 11.1 Å². The summed E-state index contributed by atoms with van der Waals surface area (Å²) in [5, 5.41) is 16.0. The number of rotatable bonds is 14. The molecule has 0 saturated carbocycles. The molecule has 270 valence electrons. The number of carbonyl (C=O) groups excluding carboxylic acids is 2. The van der Waals surface area contributed by atoms with Gasteiger partial charge in [0.15, 0.2) is 0 Å². The first-order valence-electron chi connectivity index (χ1n) is 17.9. The third-order valence-corrected chi connectivity index (χ3v) is 11.5. The predicted molar refractivity (Wildman–Crippen MR) is 213 cm³/mol. The van der Waals surface area contributed by atoms with Crippen molar-refractivity contribution in [1.29, 1.82) is 0 Å². The maximum absolute atomic E-state index is 14.1. The van der Waals surface area contributed by atoms with Crippen LogP contribution in [0, 0.1) is 0 Å². The summed E-state index contributed by atoms with van der Waals surface area (Å²) in [5.74, 6) is -1.93. The van der Waals surface area contributed by atoms with Gasteiger partial charge in [0, 0.05) is 18.1 Å². The van der Waals surface area contributed by atoms with Crippen molar-refractivity contribution in [3.05, 3.63) is 203 Å². The van der Waals surface area contributed by atoms with Crippen molar-refractivity contribution in [1.82, 2.24) is 10.6 Å². The Hall–Kier alpha value is -6.12. The van der Waals surface area contributed by atoms with Gasteiger partial charge in [-0.3, -0.25) is 4.79 Å². The van der Waals surface area contributed by atoms with E-state index in [0.717, 1.165) is 44.5 Å². The van der Waals surface area contributed by atoms with Crippen LogP contribution in [-0.4, -0.2) is 47.5 Å². The predicted octanol–water partition coefficient (Wildman–Crippen LogP) is 8.43. The molecule has 2 atom stereocenters. The summed E-state index contributed by atoms with van der Waals surface area (Å²) in [6.07, 6.45) is -0.622. The number of carbonyl (C=O) groups is 3. The Labute approximate surface area is 319 Å². The molecule has 0 heterocycles. The highest BCUT2D eigenvalue weighted by atomic mass is 32.2. The molecule has 1 aliphatic rings. The highest BCUT2D eigenvalue weighted by Gasteiger charge is 2.39. The fourth-order valence-corrected chi connectivity index (χ4v) is 8.82. The van der Waals surface area contributed by atoms with Crippen LogP contribution < -0.4 is 10.6 Å². The lowest BCUT2D eigenvalue weighted by Crippen LogP contribution is -2.53. The van der Waals surface area contributed by atoms with Crippen molar-refractivity contribution in [2.45, 2.75) is 29.2 Å². The van der Waals surface area contributed by atoms with Gasteiger partial charge in [0.05, 0.1) is 4.75 Å². The molecule has 0 unspecified atom stereocenters. The molecule has 54 heavy (non-hydrogen) atoms. The Bertz CT molecular complexity index is 2060. The normalized spacial score (nSPS) is 13.2. The van der Waals surface area contributed by atoms with E-state index in [1.54, 1.807) is 0 Å². The largest absolute Gasteiger partial charge is 0.480 e. The van der Waals surface area contributed by atoms with Crippen molar-refractivity contribution in [3.63, 3.8) is 0 Å². The lowest BCUT2D eigenvalue weighted by atomic mass is 9.84. The summed E-state index contributed by atoms with van der Waals surface area (Å²) in [5.41, 5.74) is 8.09. The maximum Gasteiger partial charge on any atom is 0.407 e. The van der Waals surface area contributed by atoms with Gasteiger partial charge in [-0.1, -0.05) is 170 Å². The Balaban J connectivity index is 1.11. The van der Waals surface area contributed by atoms with Crippen molar-refractivity contribution >= 4 is 29.7 Å². The molecule has 6 aromatic carbocycles. The molecule has 0 spiro atoms. The molecule has 6 aromatic rings. The fraction of sp³-hybridized carbons (Fsp3) is 0.152. The van der Waals surface area contributed by atoms with E-state index in [9.17, 15) is 19.5 Å². The van der Waals surface area contributed by atoms with E-state index in [-0.39, 0.29) is 24.7 Å². The number of fused-ring (bicyclic) bond motifs is 3. The van der Waals surface area contributed by atoms with E-state index in [1.165, 1.54) is 11.8 Å². The second kappa shape index (κ2) is 16.7. The SMILES string of the molecule is O=C(N[C@@H](Cc1ccccc1)C(=O)N[C@@H](CSC(c1ccccc1)(c1ccccc1)c1ccccc1)C(=O)O)OCC1c2ccccc2-c2ccccc21. The van der Waals surface area contributed by atoms with Crippen LogP contribution >= 0.6 is 11.8 Å². The lowest BCUT2D eigenvalue weighted by Gasteiger charge is -2.36. The van der Waals surface area contributed by atoms with E-state index >= 15 is 0 Å². The monoisotopic (exact) mass is 732 g/mol. The Kier molecular flexibility index (Phi) is 11.2. The van der Waals surface area contributed by atoms with Gasteiger partial charge in [0.1, 0.15) is 18.7 Å². The van der Waals surface area contributed by atoms with Crippen LogP contribution in [0.15, 0.2) is 170 Å². The average Bonchev–Trinajstić information content (AvgIpc) is 3.54. The first-order chi connectivity index (χ1) is 26.4. The average molecular weight is 733 g/mol. The van der Waals surface area contributed by atoms with Crippen LogP contribution in [0.4, 0.5) is 4.79 Å². The number of carboxylic acid groups (broad SMARTS) is 1. The second-order valence-corrected chi connectivity index (χ2v) is 14.4. The number of aliphatic carboxylic acids is 1. The molecule has 8 heteroatoms. The molecule has 1 aliphatic carbocycles. The summed E-state index contributed by atoms with van der Waals surface area (Å²) in [6, 6.07) is 52.9. The molecule has 7 rings (SSSR count). The summed E-state index contributed by atoms with van der Waals surface area (Å²) in [4.78, 5) is 40.4. The molecule has 0 fully saturated rings. The number of carboxylic acids is 1. The number of amides is 2. The van der Waals surface area contributed by atoms with Crippen LogP contribution in [0.1, 0.15) is 39.3 Å². The van der Waals surface area contributed by atoms with E-state index in [1.807, 2.05) is 158 Å². The third-order valence-electron chi connectivity index (χ3n) is 9.86. The lowest BCUT2D eigenvalue weighted by molar-refractivity contribution is -0.141. The number of benzene rings is 6. The zero-order valence-electron chi connectivity index (χ0n) is 29.5. The topological polar surface area (TPSA) is 105 Å². The minimum atomic E-state index is -1.28. The summed E-state index contributed by atoms with van der Waals surface area (Å²) in [6.45, 7) is 0.0778. The van der Waals surface area contributed by atoms with E-state index in [2.05, 4.69) is 22.8 Å². The van der Waals surface area contributed by atoms with Gasteiger partial charge >= 0.3 is 12.1 Å². The van der Waals surface area contributed by atoms with Gasteiger partial charge in [-0.15, -0.1) is 11.8 Å². The molecule has 0 aromatic heterocycles.